The molecule has 1 atom stereocenters. The van der Waals surface area contributed by atoms with E-state index in [1.807, 2.05) is 6.07 Å². The molecule has 0 N–H and O–H groups in total. The van der Waals surface area contributed by atoms with Crippen molar-refractivity contribution in [3.63, 3.8) is 0 Å². The maximum Gasteiger partial charge on any atom is 0.0195 e. The number of hydrogen-bond donors (Lipinski definition) is 0. The van der Waals surface area contributed by atoms with Crippen LogP contribution in [0.25, 0.3) is 27.3 Å². The summed E-state index contributed by atoms with van der Waals surface area (Å²) in [7, 11) is 0. The summed E-state index contributed by atoms with van der Waals surface area (Å²) in [6, 6.07) is 37.4. The standard InChI is InChI=1S/C35H34N2.CH3.Hf/c1-4-13-27-18-10-19-28(14-5-2)34(27)37-35(29-20-8-6-15-25(29)3)33-24-12-23-32(36-33)31-22-11-17-26-16-7-9-21-30(26)31;;/h6-12,15-21,23-24,35H,4-5,13-14H2,1-3H3;1H3;/q-2;-1;. The maximum absolute atomic E-state index is 5.52. The summed E-state index contributed by atoms with van der Waals surface area (Å²) in [5.41, 5.74) is 9.13. The van der Waals surface area contributed by atoms with Gasteiger partial charge in [-0.1, -0.05) is 128 Å². The third-order valence-corrected chi connectivity index (χ3v) is 7.01. The fraction of sp³-hybridized carbons (Fsp3) is 0.222. The van der Waals surface area contributed by atoms with Crippen molar-refractivity contribution in [1.29, 1.82) is 0 Å². The molecule has 3 heteroatoms. The van der Waals surface area contributed by atoms with E-state index in [1.54, 1.807) is 0 Å². The fourth-order valence-corrected chi connectivity index (χ4v) is 5.19. The van der Waals surface area contributed by atoms with Crippen molar-refractivity contribution in [2.24, 2.45) is 0 Å². The molecule has 0 amide bonds. The summed E-state index contributed by atoms with van der Waals surface area (Å²) >= 11 is 0. The smallest absolute Gasteiger partial charge is 0.0195 e. The molecule has 1 heterocycles. The molecule has 0 radical (unpaired) electrons. The predicted octanol–water partition coefficient (Wildman–Crippen LogP) is 10.2. The topological polar surface area (TPSA) is 27.0 Å². The van der Waals surface area contributed by atoms with E-state index in [2.05, 4.69) is 118 Å². The number of aryl methyl sites for hydroxylation is 3. The van der Waals surface area contributed by atoms with Gasteiger partial charge in [0.05, 0.1) is 0 Å². The van der Waals surface area contributed by atoms with E-state index < -0.39 is 0 Å². The van der Waals surface area contributed by atoms with Crippen molar-refractivity contribution in [2.45, 2.75) is 52.5 Å². The van der Waals surface area contributed by atoms with Crippen LogP contribution >= 0.6 is 0 Å². The molecular formula is C36H37HfN2-3. The minimum Gasteiger partial charge on any atom is -0.673 e. The summed E-state index contributed by atoms with van der Waals surface area (Å²) < 4.78 is 0. The SMILES string of the molecule is CCCc1cccc(CCC)c1[N-]C(c1cccc(-c2[c-]ccc3ccccc23)n1)c1ccccc1C.[CH3-].[Hf]. The second kappa shape index (κ2) is 14.4. The largest absolute Gasteiger partial charge is 0.673 e. The van der Waals surface area contributed by atoms with Gasteiger partial charge in [0.1, 0.15) is 0 Å². The normalized spacial score (nSPS) is 11.4. The molecule has 5 rings (SSSR count). The number of rotatable bonds is 9. The van der Waals surface area contributed by atoms with Gasteiger partial charge in [-0.3, -0.25) is 0 Å². The number of hydrogen-bond acceptors (Lipinski definition) is 1. The fourth-order valence-electron chi connectivity index (χ4n) is 5.19. The van der Waals surface area contributed by atoms with Crippen LogP contribution in [0, 0.1) is 20.4 Å². The Morgan fingerprint density at radius 1 is 0.769 bits per heavy atom. The van der Waals surface area contributed by atoms with Gasteiger partial charge in [0.15, 0.2) is 0 Å². The van der Waals surface area contributed by atoms with E-state index in [4.69, 9.17) is 10.3 Å². The van der Waals surface area contributed by atoms with Gasteiger partial charge < -0.3 is 17.7 Å². The van der Waals surface area contributed by atoms with Crippen LogP contribution in [0.4, 0.5) is 5.69 Å². The molecule has 0 aliphatic rings. The summed E-state index contributed by atoms with van der Waals surface area (Å²) in [5, 5.41) is 7.88. The number of para-hydroxylation sites is 1. The van der Waals surface area contributed by atoms with Gasteiger partial charge in [-0.15, -0.1) is 34.8 Å². The van der Waals surface area contributed by atoms with Crippen LogP contribution in [-0.2, 0) is 38.7 Å². The van der Waals surface area contributed by atoms with Gasteiger partial charge in [-0.25, -0.2) is 0 Å². The first-order valence-corrected chi connectivity index (χ1v) is 13.4. The first-order chi connectivity index (χ1) is 18.2. The van der Waals surface area contributed by atoms with Crippen LogP contribution < -0.4 is 0 Å². The van der Waals surface area contributed by atoms with E-state index in [-0.39, 0.29) is 39.3 Å². The molecule has 39 heavy (non-hydrogen) atoms. The van der Waals surface area contributed by atoms with Crippen molar-refractivity contribution in [2.75, 3.05) is 0 Å². The molecule has 0 spiro atoms. The molecule has 4 aromatic carbocycles. The van der Waals surface area contributed by atoms with Crippen molar-refractivity contribution in [3.05, 3.63) is 144 Å². The molecule has 0 aliphatic heterocycles. The number of benzene rings is 4. The molecule has 2 nitrogen and oxygen atoms in total. The van der Waals surface area contributed by atoms with Crippen molar-refractivity contribution in [3.8, 4) is 11.3 Å². The van der Waals surface area contributed by atoms with Crippen molar-refractivity contribution < 1.29 is 25.8 Å². The van der Waals surface area contributed by atoms with Gasteiger partial charge in [0.2, 0.25) is 0 Å². The Labute approximate surface area is 253 Å². The Hall–Kier alpha value is -3.04. The second-order valence-electron chi connectivity index (χ2n) is 9.70. The zero-order chi connectivity index (χ0) is 25.6. The molecule has 0 saturated heterocycles. The van der Waals surface area contributed by atoms with Crippen LogP contribution in [0.15, 0.2) is 97.1 Å². The average molecular weight is 676 g/mol. The first-order valence-electron chi connectivity index (χ1n) is 13.4. The van der Waals surface area contributed by atoms with Gasteiger partial charge in [-0.2, -0.15) is 0 Å². The number of pyridine rings is 1. The van der Waals surface area contributed by atoms with Crippen LogP contribution in [0.5, 0.6) is 0 Å². The van der Waals surface area contributed by atoms with E-state index >= 15 is 0 Å². The Morgan fingerprint density at radius 3 is 2.15 bits per heavy atom. The van der Waals surface area contributed by atoms with Crippen LogP contribution in [0.2, 0.25) is 0 Å². The zero-order valence-corrected chi connectivity index (χ0v) is 27.1. The third-order valence-electron chi connectivity index (χ3n) is 7.01. The Morgan fingerprint density at radius 2 is 1.44 bits per heavy atom. The second-order valence-corrected chi connectivity index (χ2v) is 9.70. The molecule has 5 aromatic rings. The molecule has 0 fully saturated rings. The quantitative estimate of drug-likeness (QED) is 0.113. The van der Waals surface area contributed by atoms with Crippen LogP contribution in [-0.4, -0.2) is 4.98 Å². The maximum atomic E-state index is 5.52. The Balaban J connectivity index is 0.00000210. The minimum absolute atomic E-state index is 0. The van der Waals surface area contributed by atoms with Crippen LogP contribution in [0.3, 0.4) is 0 Å². The summed E-state index contributed by atoms with van der Waals surface area (Å²) in [4.78, 5) is 5.23. The number of fused-ring (bicyclic) bond motifs is 1. The van der Waals surface area contributed by atoms with E-state index in [1.165, 1.54) is 27.6 Å². The van der Waals surface area contributed by atoms with E-state index in [0.29, 0.717) is 0 Å². The van der Waals surface area contributed by atoms with Crippen LogP contribution in [0.1, 0.15) is 60.7 Å². The van der Waals surface area contributed by atoms with Crippen molar-refractivity contribution >= 4 is 16.5 Å². The predicted molar refractivity (Wildman–Crippen MR) is 163 cm³/mol. The van der Waals surface area contributed by atoms with Gasteiger partial charge in [0, 0.05) is 31.5 Å². The monoisotopic (exact) mass is 677 g/mol. The van der Waals surface area contributed by atoms with Crippen molar-refractivity contribution in [1.82, 2.24) is 4.98 Å². The van der Waals surface area contributed by atoms with E-state index in [0.717, 1.165) is 53.7 Å². The third kappa shape index (κ3) is 6.76. The van der Waals surface area contributed by atoms with Gasteiger partial charge >= 0.3 is 0 Å². The van der Waals surface area contributed by atoms with Gasteiger partial charge in [0.25, 0.3) is 0 Å². The average Bonchev–Trinajstić information content (AvgIpc) is 2.93. The molecule has 0 saturated carbocycles. The molecule has 0 bridgehead atoms. The first kappa shape index (κ1) is 30.5. The summed E-state index contributed by atoms with van der Waals surface area (Å²) in [5.74, 6) is 0. The summed E-state index contributed by atoms with van der Waals surface area (Å²) in [6.07, 6.45) is 4.24. The molecule has 1 unspecified atom stereocenters. The summed E-state index contributed by atoms with van der Waals surface area (Å²) in [6.45, 7) is 6.65. The Bertz CT molecular complexity index is 1480. The minimum atomic E-state index is -0.190. The van der Waals surface area contributed by atoms with Gasteiger partial charge in [-0.05, 0) is 43.1 Å². The molecule has 0 aliphatic carbocycles. The van der Waals surface area contributed by atoms with E-state index in [9.17, 15) is 0 Å². The molecule has 1 aromatic heterocycles. The number of aromatic nitrogens is 1. The molecular weight excluding hydrogens is 639 g/mol. The molecule has 198 valence electrons. The number of nitrogens with zero attached hydrogens (tertiary/aromatic N) is 2. The Kier molecular flexibility index (Phi) is 11.2. The zero-order valence-electron chi connectivity index (χ0n) is 23.5.